The molecule has 0 aliphatic heterocycles. The molecule has 0 aromatic heterocycles. The first kappa shape index (κ1) is 26.8. The Kier molecular flexibility index (Phi) is 15.9. The van der Waals surface area contributed by atoms with E-state index < -0.39 is 6.43 Å². The van der Waals surface area contributed by atoms with E-state index in [1.165, 1.54) is 12.8 Å². The molecule has 3 heteroatoms. The van der Waals surface area contributed by atoms with Crippen LogP contribution >= 0.6 is 0 Å². The first-order chi connectivity index (χ1) is 13.4. The Morgan fingerprint density at radius 2 is 1.61 bits per heavy atom. The lowest BCUT2D eigenvalue weighted by Crippen LogP contribution is -2.12. The Morgan fingerprint density at radius 1 is 0.964 bits per heavy atom. The summed E-state index contributed by atoms with van der Waals surface area (Å²) in [7, 11) is 0. The molecule has 0 aliphatic rings. The molecule has 0 saturated heterocycles. The number of hydrogen-bond acceptors (Lipinski definition) is 1. The fourth-order valence-corrected chi connectivity index (χ4v) is 3.12. The third kappa shape index (κ3) is 12.3. The molecular weight excluding hydrogens is 352 g/mol. The van der Waals surface area contributed by atoms with Gasteiger partial charge in [0.2, 0.25) is 0 Å². The van der Waals surface area contributed by atoms with Crippen molar-refractivity contribution in [3.8, 4) is 0 Å². The zero-order valence-corrected chi connectivity index (χ0v) is 18.9. The molecule has 0 spiro atoms. The van der Waals surface area contributed by atoms with Gasteiger partial charge in [-0.3, -0.25) is 4.99 Å². The number of hydrogen-bond donors (Lipinski definition) is 0. The number of nitrogens with zero attached hydrogens (tertiary/aromatic N) is 1. The van der Waals surface area contributed by atoms with Crippen LogP contribution in [0.5, 0.6) is 0 Å². The highest BCUT2D eigenvalue weighted by molar-refractivity contribution is 5.99. The van der Waals surface area contributed by atoms with Gasteiger partial charge in [-0.1, -0.05) is 98.3 Å². The number of aliphatic imine (C=N–C) groups is 1. The zero-order chi connectivity index (χ0) is 21.4. The summed E-state index contributed by atoms with van der Waals surface area (Å²) >= 11 is 0. The fraction of sp³-hybridized carbons (Fsp3) is 0.720. The van der Waals surface area contributed by atoms with Crippen molar-refractivity contribution in [3.05, 3.63) is 36.1 Å². The van der Waals surface area contributed by atoms with Crippen molar-refractivity contribution in [3.63, 3.8) is 0 Å². The summed E-state index contributed by atoms with van der Waals surface area (Å²) in [5.41, 5.74) is 1.41. The molecule has 0 rings (SSSR count). The van der Waals surface area contributed by atoms with Gasteiger partial charge in [-0.25, -0.2) is 8.78 Å². The number of allylic oxidation sites excluding steroid dienone is 5. The second-order valence-electron chi connectivity index (χ2n) is 7.88. The third-order valence-electron chi connectivity index (χ3n) is 5.16. The first-order valence-corrected chi connectivity index (χ1v) is 11.3. The quantitative estimate of drug-likeness (QED) is 0.140. The van der Waals surface area contributed by atoms with E-state index in [9.17, 15) is 8.78 Å². The van der Waals surface area contributed by atoms with Crippen molar-refractivity contribution in [2.75, 3.05) is 0 Å². The molecule has 0 amide bonds. The van der Waals surface area contributed by atoms with Gasteiger partial charge in [-0.05, 0) is 42.7 Å². The third-order valence-corrected chi connectivity index (χ3v) is 5.16. The minimum absolute atomic E-state index is 0.140. The van der Waals surface area contributed by atoms with Gasteiger partial charge in [0.05, 0.1) is 0 Å². The van der Waals surface area contributed by atoms with Crippen molar-refractivity contribution >= 4 is 5.71 Å². The predicted octanol–water partition coefficient (Wildman–Crippen LogP) is 8.92. The fourth-order valence-electron chi connectivity index (χ4n) is 3.12. The van der Waals surface area contributed by atoms with Crippen LogP contribution in [0.3, 0.4) is 0 Å². The minimum Gasteiger partial charge on any atom is -0.252 e. The maximum atomic E-state index is 13.7. The molecule has 2 unspecified atom stereocenters. The topological polar surface area (TPSA) is 12.4 Å². The van der Waals surface area contributed by atoms with Crippen LogP contribution < -0.4 is 0 Å². The van der Waals surface area contributed by atoms with Gasteiger partial charge in [0.1, 0.15) is 5.71 Å². The Bertz CT molecular complexity index is 503. The standard InChI is InChI=1S/C25H43F2N/c1-7-11-13-16-22(15-12-8-2)23(18-17-20(5)10-4)19-24(25(26)27)28-21(6)14-9-3/h17-20,22,25H,6-16H2,1-5H3/b18-17-,23-19+,28-24?. The van der Waals surface area contributed by atoms with E-state index in [0.29, 0.717) is 24.0 Å². The van der Waals surface area contributed by atoms with Gasteiger partial charge < -0.3 is 0 Å². The normalized spacial score (nSPS) is 15.4. The Morgan fingerprint density at radius 3 is 2.14 bits per heavy atom. The summed E-state index contributed by atoms with van der Waals surface area (Å²) in [6, 6.07) is 0. The second kappa shape index (κ2) is 16.7. The zero-order valence-electron chi connectivity index (χ0n) is 18.9. The Hall–Kier alpha value is -1.25. The first-order valence-electron chi connectivity index (χ1n) is 11.3. The molecule has 2 atom stereocenters. The van der Waals surface area contributed by atoms with Crippen LogP contribution in [0.2, 0.25) is 0 Å². The highest BCUT2D eigenvalue weighted by Gasteiger charge is 2.17. The summed E-state index contributed by atoms with van der Waals surface area (Å²) in [5, 5.41) is 0. The Labute approximate surface area is 173 Å². The maximum absolute atomic E-state index is 13.7. The lowest BCUT2D eigenvalue weighted by molar-refractivity contribution is 0.226. The summed E-state index contributed by atoms with van der Waals surface area (Å²) in [6.07, 6.45) is 13.7. The molecule has 0 heterocycles. The van der Waals surface area contributed by atoms with Gasteiger partial charge in [0, 0.05) is 5.70 Å². The van der Waals surface area contributed by atoms with Crippen molar-refractivity contribution < 1.29 is 8.78 Å². The van der Waals surface area contributed by atoms with E-state index in [2.05, 4.69) is 51.4 Å². The summed E-state index contributed by atoms with van der Waals surface area (Å²) < 4.78 is 27.4. The average molecular weight is 396 g/mol. The van der Waals surface area contributed by atoms with E-state index in [1.807, 2.05) is 6.92 Å². The molecule has 162 valence electrons. The SMILES string of the molecule is C=C(CCC)N=C(/C=C(\C=C/C(C)CC)C(CCCC)CCCCC)C(F)F. The number of rotatable bonds is 16. The summed E-state index contributed by atoms with van der Waals surface area (Å²) in [5.74, 6) is 0.753. The number of halogens is 2. The van der Waals surface area contributed by atoms with Crippen LogP contribution in [0.1, 0.15) is 98.8 Å². The van der Waals surface area contributed by atoms with Gasteiger partial charge in [-0.15, -0.1) is 0 Å². The lowest BCUT2D eigenvalue weighted by Gasteiger charge is -2.19. The summed E-state index contributed by atoms with van der Waals surface area (Å²) in [6.45, 7) is 14.5. The second-order valence-corrected chi connectivity index (χ2v) is 7.88. The molecular formula is C25H43F2N. The summed E-state index contributed by atoms with van der Waals surface area (Å²) in [4.78, 5) is 4.17. The van der Waals surface area contributed by atoms with Gasteiger partial charge in [-0.2, -0.15) is 0 Å². The molecule has 0 aromatic rings. The highest BCUT2D eigenvalue weighted by atomic mass is 19.3. The van der Waals surface area contributed by atoms with Gasteiger partial charge in [0.25, 0.3) is 6.43 Å². The van der Waals surface area contributed by atoms with Crippen molar-refractivity contribution in [2.24, 2.45) is 16.8 Å². The van der Waals surface area contributed by atoms with Crippen LogP contribution in [-0.4, -0.2) is 12.1 Å². The minimum atomic E-state index is -2.58. The van der Waals surface area contributed by atoms with E-state index in [4.69, 9.17) is 0 Å². The molecule has 0 N–H and O–H groups in total. The van der Waals surface area contributed by atoms with Crippen LogP contribution in [-0.2, 0) is 0 Å². The van der Waals surface area contributed by atoms with E-state index in [1.54, 1.807) is 6.08 Å². The number of unbranched alkanes of at least 4 members (excludes halogenated alkanes) is 3. The van der Waals surface area contributed by atoms with E-state index in [-0.39, 0.29) is 5.71 Å². The van der Waals surface area contributed by atoms with Gasteiger partial charge >= 0.3 is 0 Å². The largest absolute Gasteiger partial charge is 0.280 e. The van der Waals surface area contributed by atoms with Crippen molar-refractivity contribution in [1.82, 2.24) is 0 Å². The molecule has 0 radical (unpaired) electrons. The van der Waals surface area contributed by atoms with Crippen molar-refractivity contribution in [1.29, 1.82) is 0 Å². The predicted molar refractivity (Wildman–Crippen MR) is 121 cm³/mol. The molecule has 1 nitrogen and oxygen atoms in total. The number of alkyl halides is 2. The average Bonchev–Trinajstić information content (AvgIpc) is 2.66. The van der Waals surface area contributed by atoms with Crippen LogP contribution in [0.25, 0.3) is 0 Å². The molecule has 0 bridgehead atoms. The van der Waals surface area contributed by atoms with Gasteiger partial charge in [0.15, 0.2) is 0 Å². The van der Waals surface area contributed by atoms with Crippen LogP contribution in [0.15, 0.2) is 41.1 Å². The molecule has 0 aromatic carbocycles. The van der Waals surface area contributed by atoms with Crippen LogP contribution in [0.4, 0.5) is 8.78 Å². The molecule has 0 fully saturated rings. The smallest absolute Gasteiger partial charge is 0.252 e. The van der Waals surface area contributed by atoms with Crippen LogP contribution in [0, 0.1) is 11.8 Å². The monoisotopic (exact) mass is 395 g/mol. The van der Waals surface area contributed by atoms with E-state index in [0.717, 1.165) is 50.5 Å². The van der Waals surface area contributed by atoms with Crippen molar-refractivity contribution in [2.45, 2.75) is 105 Å². The highest BCUT2D eigenvalue weighted by Crippen LogP contribution is 2.27. The molecule has 0 aliphatic carbocycles. The van der Waals surface area contributed by atoms with E-state index >= 15 is 0 Å². The lowest BCUT2D eigenvalue weighted by atomic mass is 9.86. The molecule has 28 heavy (non-hydrogen) atoms. The molecule has 0 saturated carbocycles. The Balaban J connectivity index is 5.88. The maximum Gasteiger partial charge on any atom is 0.280 e.